The number of aromatic nitrogens is 2. The maximum absolute atomic E-state index is 13.0. The van der Waals surface area contributed by atoms with Crippen LogP contribution in [-0.2, 0) is 26.2 Å². The number of aryl methyl sites for hydroxylation is 1. The van der Waals surface area contributed by atoms with Crippen molar-refractivity contribution in [2.75, 3.05) is 26.7 Å². The average molecular weight is 375 g/mol. The topological polar surface area (TPSA) is 96.8 Å². The average Bonchev–Trinajstić information content (AvgIpc) is 2.96. The van der Waals surface area contributed by atoms with E-state index < -0.39 is 12.1 Å². The number of amides is 3. The van der Waals surface area contributed by atoms with Crippen LogP contribution in [0.1, 0.15) is 30.9 Å². The van der Waals surface area contributed by atoms with Gasteiger partial charge in [0.25, 0.3) is 5.91 Å². The number of carbonyl (C=O) groups excluding carboxylic acids is 3. The Hall–Kier alpha value is -2.42. The maximum atomic E-state index is 13.0. The fraction of sp³-hybridized carbons (Fsp3) is 0.667. The molecule has 3 fully saturated rings. The first-order valence-electron chi connectivity index (χ1n) is 9.39. The lowest BCUT2D eigenvalue weighted by Gasteiger charge is -2.45. The molecule has 1 aliphatic carbocycles. The SMILES string of the molecule is CN1C(=O)CO[C@@H](C(=O)N2CC(NC(=O)C3CCC3)C2)[C@@H]1c1cnn(C)c1. The third-order valence-electron chi connectivity index (χ3n) is 5.81. The molecule has 9 nitrogen and oxygen atoms in total. The Bertz CT molecular complexity index is 753. The molecule has 27 heavy (non-hydrogen) atoms. The van der Waals surface area contributed by atoms with Crippen molar-refractivity contribution in [2.24, 2.45) is 13.0 Å². The number of morpholine rings is 1. The molecule has 4 rings (SSSR count). The molecule has 0 bridgehead atoms. The van der Waals surface area contributed by atoms with Crippen LogP contribution in [0.2, 0.25) is 0 Å². The van der Waals surface area contributed by atoms with E-state index in [1.165, 1.54) is 0 Å². The van der Waals surface area contributed by atoms with Crippen LogP contribution in [-0.4, -0.2) is 76.2 Å². The van der Waals surface area contributed by atoms with Gasteiger partial charge in [-0.15, -0.1) is 0 Å². The van der Waals surface area contributed by atoms with Crippen LogP contribution >= 0.6 is 0 Å². The van der Waals surface area contributed by atoms with E-state index in [1.54, 1.807) is 41.0 Å². The van der Waals surface area contributed by atoms with E-state index in [0.717, 1.165) is 24.8 Å². The number of ether oxygens (including phenoxy) is 1. The molecule has 0 radical (unpaired) electrons. The molecule has 1 N–H and O–H groups in total. The van der Waals surface area contributed by atoms with Gasteiger partial charge < -0.3 is 19.9 Å². The highest BCUT2D eigenvalue weighted by atomic mass is 16.5. The molecule has 3 aliphatic rings. The van der Waals surface area contributed by atoms with Crippen LogP contribution < -0.4 is 5.32 Å². The molecular formula is C18H25N5O4. The first-order chi connectivity index (χ1) is 12.9. The lowest BCUT2D eigenvalue weighted by atomic mass is 9.84. The van der Waals surface area contributed by atoms with E-state index in [-0.39, 0.29) is 36.3 Å². The summed E-state index contributed by atoms with van der Waals surface area (Å²) in [6.45, 7) is 0.850. The predicted octanol–water partition coefficient (Wildman–Crippen LogP) is -0.554. The van der Waals surface area contributed by atoms with Crippen molar-refractivity contribution in [3.8, 4) is 0 Å². The van der Waals surface area contributed by atoms with Gasteiger partial charge in [-0.25, -0.2) is 0 Å². The minimum atomic E-state index is -0.764. The molecule has 2 atom stereocenters. The molecule has 1 aromatic heterocycles. The summed E-state index contributed by atoms with van der Waals surface area (Å²) in [6.07, 6.45) is 5.73. The Kier molecular flexibility index (Phi) is 4.63. The predicted molar refractivity (Wildman–Crippen MR) is 94.3 cm³/mol. The molecule has 3 amide bonds. The fourth-order valence-corrected chi connectivity index (χ4v) is 3.83. The van der Waals surface area contributed by atoms with Crippen molar-refractivity contribution in [1.29, 1.82) is 0 Å². The van der Waals surface area contributed by atoms with Crippen LogP contribution in [0.3, 0.4) is 0 Å². The van der Waals surface area contributed by atoms with Gasteiger partial charge in [0, 0.05) is 44.9 Å². The van der Waals surface area contributed by atoms with E-state index in [0.29, 0.717) is 13.1 Å². The van der Waals surface area contributed by atoms with Crippen molar-refractivity contribution < 1.29 is 19.1 Å². The van der Waals surface area contributed by atoms with Gasteiger partial charge >= 0.3 is 0 Å². The lowest BCUT2D eigenvalue weighted by Crippen LogP contribution is -2.65. The van der Waals surface area contributed by atoms with E-state index in [9.17, 15) is 14.4 Å². The standard InChI is InChI=1S/C18H25N5O4/c1-21-7-12(6-19-21)15-16(27-10-14(24)22(15)2)18(26)23-8-13(9-23)20-17(25)11-4-3-5-11/h6-7,11,13,15-16H,3-5,8-10H2,1-2H3,(H,20,25)/t15-,16+/m0/s1. The summed E-state index contributed by atoms with van der Waals surface area (Å²) in [7, 11) is 3.47. The second-order valence-corrected chi connectivity index (χ2v) is 7.70. The summed E-state index contributed by atoms with van der Waals surface area (Å²) in [5, 5.41) is 7.17. The molecule has 2 aliphatic heterocycles. The van der Waals surface area contributed by atoms with Gasteiger partial charge in [0.15, 0.2) is 6.10 Å². The summed E-state index contributed by atoms with van der Waals surface area (Å²) in [5.41, 5.74) is 0.766. The molecule has 1 saturated carbocycles. The smallest absolute Gasteiger partial charge is 0.254 e. The molecule has 1 aromatic rings. The van der Waals surface area contributed by atoms with Gasteiger partial charge in [-0.1, -0.05) is 6.42 Å². The van der Waals surface area contributed by atoms with E-state index in [4.69, 9.17) is 4.74 Å². The number of nitrogens with zero attached hydrogens (tertiary/aromatic N) is 4. The second-order valence-electron chi connectivity index (χ2n) is 7.70. The normalized spacial score (nSPS) is 26.5. The molecule has 0 spiro atoms. The molecule has 0 unspecified atom stereocenters. The van der Waals surface area contributed by atoms with E-state index >= 15 is 0 Å². The highest BCUT2D eigenvalue weighted by molar-refractivity contribution is 5.87. The van der Waals surface area contributed by atoms with Gasteiger partial charge in [0.1, 0.15) is 6.61 Å². The van der Waals surface area contributed by atoms with Gasteiger partial charge in [0.05, 0.1) is 18.3 Å². The largest absolute Gasteiger partial charge is 0.356 e. The first-order valence-corrected chi connectivity index (χ1v) is 9.39. The van der Waals surface area contributed by atoms with Crippen molar-refractivity contribution in [2.45, 2.75) is 37.5 Å². The van der Waals surface area contributed by atoms with Crippen molar-refractivity contribution in [3.63, 3.8) is 0 Å². The lowest BCUT2D eigenvalue weighted by molar-refractivity contribution is -0.170. The van der Waals surface area contributed by atoms with Crippen LogP contribution in [0.15, 0.2) is 12.4 Å². The van der Waals surface area contributed by atoms with Crippen molar-refractivity contribution in [3.05, 3.63) is 18.0 Å². The van der Waals surface area contributed by atoms with E-state index in [1.807, 2.05) is 0 Å². The van der Waals surface area contributed by atoms with Gasteiger partial charge in [-0.3, -0.25) is 19.1 Å². The number of hydrogen-bond donors (Lipinski definition) is 1. The maximum Gasteiger partial charge on any atom is 0.254 e. The van der Waals surface area contributed by atoms with Crippen LogP contribution in [0.5, 0.6) is 0 Å². The minimum absolute atomic E-state index is 0.00171. The summed E-state index contributed by atoms with van der Waals surface area (Å²) in [5.74, 6) is -0.0728. The van der Waals surface area contributed by atoms with Crippen molar-refractivity contribution in [1.82, 2.24) is 24.9 Å². The van der Waals surface area contributed by atoms with Crippen LogP contribution in [0.4, 0.5) is 0 Å². The Morgan fingerprint density at radius 1 is 1.26 bits per heavy atom. The molecule has 9 heteroatoms. The number of carbonyl (C=O) groups is 3. The van der Waals surface area contributed by atoms with Gasteiger partial charge in [-0.05, 0) is 12.8 Å². The highest BCUT2D eigenvalue weighted by Gasteiger charge is 2.45. The number of nitrogens with one attached hydrogen (secondary N) is 1. The number of likely N-dealkylation sites (tertiary alicyclic amines) is 1. The zero-order valence-electron chi connectivity index (χ0n) is 15.6. The Morgan fingerprint density at radius 2 is 2.00 bits per heavy atom. The highest BCUT2D eigenvalue weighted by Crippen LogP contribution is 2.31. The Labute approximate surface area is 157 Å². The fourth-order valence-electron chi connectivity index (χ4n) is 3.83. The molecule has 146 valence electrons. The Morgan fingerprint density at radius 3 is 2.59 bits per heavy atom. The third-order valence-corrected chi connectivity index (χ3v) is 5.81. The molecular weight excluding hydrogens is 350 g/mol. The summed E-state index contributed by atoms with van der Waals surface area (Å²) in [6, 6.07) is -0.502. The summed E-state index contributed by atoms with van der Waals surface area (Å²) < 4.78 is 7.27. The Balaban J connectivity index is 1.39. The van der Waals surface area contributed by atoms with Gasteiger partial charge in [-0.2, -0.15) is 5.10 Å². The molecule has 0 aromatic carbocycles. The number of rotatable bonds is 4. The number of likely N-dealkylation sites (N-methyl/N-ethyl adjacent to an activating group) is 1. The molecule has 3 heterocycles. The number of hydrogen-bond acceptors (Lipinski definition) is 5. The second kappa shape index (κ2) is 6.95. The zero-order valence-corrected chi connectivity index (χ0v) is 15.6. The van der Waals surface area contributed by atoms with Crippen LogP contribution in [0, 0.1) is 5.92 Å². The summed E-state index contributed by atoms with van der Waals surface area (Å²) in [4.78, 5) is 40.3. The molecule has 2 saturated heterocycles. The van der Waals surface area contributed by atoms with E-state index in [2.05, 4.69) is 10.4 Å². The quantitative estimate of drug-likeness (QED) is 0.761. The first kappa shape index (κ1) is 18.0. The summed E-state index contributed by atoms with van der Waals surface area (Å²) >= 11 is 0. The van der Waals surface area contributed by atoms with Crippen LogP contribution in [0.25, 0.3) is 0 Å². The third kappa shape index (κ3) is 3.31. The van der Waals surface area contributed by atoms with Gasteiger partial charge in [0.2, 0.25) is 11.8 Å². The monoisotopic (exact) mass is 375 g/mol. The van der Waals surface area contributed by atoms with Crippen molar-refractivity contribution >= 4 is 17.7 Å². The minimum Gasteiger partial charge on any atom is -0.356 e. The zero-order chi connectivity index (χ0) is 19.1.